The molecular formula is C14H23NO3. The highest BCUT2D eigenvalue weighted by Crippen LogP contribution is 2.34. The molecule has 1 aliphatic carbocycles. The lowest BCUT2D eigenvalue weighted by atomic mass is 10.2. The molecule has 102 valence electrons. The summed E-state index contributed by atoms with van der Waals surface area (Å²) in [7, 11) is 0. The van der Waals surface area contributed by atoms with Gasteiger partial charge in [-0.05, 0) is 30.9 Å². The summed E-state index contributed by atoms with van der Waals surface area (Å²) in [5, 5.41) is 13.1. The van der Waals surface area contributed by atoms with Gasteiger partial charge in [0.1, 0.15) is 12.4 Å². The van der Waals surface area contributed by atoms with Gasteiger partial charge in [-0.25, -0.2) is 0 Å². The van der Waals surface area contributed by atoms with E-state index in [1.807, 2.05) is 12.1 Å². The maximum Gasteiger partial charge on any atom is 0.129 e. The van der Waals surface area contributed by atoms with Gasteiger partial charge in [-0.15, -0.1) is 0 Å². The van der Waals surface area contributed by atoms with Crippen molar-refractivity contribution in [1.82, 2.24) is 5.32 Å². The molecule has 0 amide bonds. The summed E-state index contributed by atoms with van der Waals surface area (Å²) in [6, 6.07) is 4.31. The molecule has 1 saturated carbocycles. The Kier molecular flexibility index (Phi) is 5.23. The third kappa shape index (κ3) is 4.44. The van der Waals surface area contributed by atoms with Gasteiger partial charge in [-0.1, -0.05) is 13.3 Å². The van der Waals surface area contributed by atoms with Crippen molar-refractivity contribution >= 4 is 0 Å². The van der Waals surface area contributed by atoms with E-state index in [0.717, 1.165) is 11.7 Å². The van der Waals surface area contributed by atoms with Crippen molar-refractivity contribution in [3.8, 4) is 0 Å². The number of hydrogen-bond donors (Lipinski definition) is 2. The lowest BCUT2D eigenvalue weighted by Crippen LogP contribution is -2.32. The topological polar surface area (TPSA) is 54.6 Å². The van der Waals surface area contributed by atoms with Gasteiger partial charge in [-0.3, -0.25) is 0 Å². The van der Waals surface area contributed by atoms with E-state index in [9.17, 15) is 5.11 Å². The van der Waals surface area contributed by atoms with E-state index in [2.05, 4.69) is 12.2 Å². The molecule has 0 radical (unpaired) electrons. The van der Waals surface area contributed by atoms with Gasteiger partial charge in [0.25, 0.3) is 0 Å². The van der Waals surface area contributed by atoms with Crippen molar-refractivity contribution in [2.45, 2.75) is 44.9 Å². The van der Waals surface area contributed by atoms with Gasteiger partial charge < -0.3 is 19.6 Å². The van der Waals surface area contributed by atoms with Crippen molar-refractivity contribution in [2.24, 2.45) is 5.92 Å². The second-order valence-electron chi connectivity index (χ2n) is 5.05. The Morgan fingerprint density at radius 2 is 2.50 bits per heavy atom. The standard InChI is InChI=1S/C14H23NO3/c1-2-4-11-7-14(11)15-8-12(16)9-17-10-13-5-3-6-18-13/h3,5-6,11-12,14-16H,2,4,7-10H2,1H3. The van der Waals surface area contributed by atoms with Crippen LogP contribution in [-0.2, 0) is 11.3 Å². The van der Waals surface area contributed by atoms with Crippen LogP contribution in [0.3, 0.4) is 0 Å². The van der Waals surface area contributed by atoms with Crippen LogP contribution in [-0.4, -0.2) is 30.4 Å². The van der Waals surface area contributed by atoms with Crippen LogP contribution in [0.25, 0.3) is 0 Å². The fourth-order valence-corrected chi connectivity index (χ4v) is 2.22. The Bertz CT molecular complexity index is 326. The first-order valence-electron chi connectivity index (χ1n) is 6.81. The fourth-order valence-electron chi connectivity index (χ4n) is 2.22. The number of aliphatic hydroxyl groups excluding tert-OH is 1. The molecule has 1 aromatic heterocycles. The van der Waals surface area contributed by atoms with Crippen molar-refractivity contribution < 1.29 is 14.3 Å². The van der Waals surface area contributed by atoms with Gasteiger partial charge in [0.2, 0.25) is 0 Å². The number of nitrogens with one attached hydrogen (secondary N) is 1. The highest BCUT2D eigenvalue weighted by molar-refractivity contribution is 4.96. The Hall–Kier alpha value is -0.840. The SMILES string of the molecule is CCCC1CC1NCC(O)COCc1ccco1. The molecule has 1 fully saturated rings. The zero-order valence-electron chi connectivity index (χ0n) is 11.0. The molecule has 1 aliphatic rings. The van der Waals surface area contributed by atoms with E-state index in [-0.39, 0.29) is 0 Å². The van der Waals surface area contributed by atoms with Crippen LogP contribution < -0.4 is 5.32 Å². The average Bonchev–Trinajstić information content (AvgIpc) is 2.88. The highest BCUT2D eigenvalue weighted by Gasteiger charge is 2.35. The Morgan fingerprint density at radius 1 is 1.61 bits per heavy atom. The van der Waals surface area contributed by atoms with E-state index in [4.69, 9.17) is 9.15 Å². The predicted octanol–water partition coefficient (Wildman–Crippen LogP) is 1.94. The van der Waals surface area contributed by atoms with Gasteiger partial charge in [-0.2, -0.15) is 0 Å². The predicted molar refractivity (Wildman–Crippen MR) is 69.2 cm³/mol. The first-order valence-corrected chi connectivity index (χ1v) is 6.81. The van der Waals surface area contributed by atoms with E-state index >= 15 is 0 Å². The molecule has 2 rings (SSSR count). The van der Waals surface area contributed by atoms with Crippen LogP contribution in [0.1, 0.15) is 31.9 Å². The number of hydrogen-bond acceptors (Lipinski definition) is 4. The summed E-state index contributed by atoms with van der Waals surface area (Å²) >= 11 is 0. The molecule has 18 heavy (non-hydrogen) atoms. The van der Waals surface area contributed by atoms with Crippen molar-refractivity contribution in [1.29, 1.82) is 0 Å². The van der Waals surface area contributed by atoms with Gasteiger partial charge in [0.05, 0.1) is 19.0 Å². The molecular weight excluding hydrogens is 230 g/mol. The maximum absolute atomic E-state index is 9.75. The first kappa shape index (κ1) is 13.6. The molecule has 0 spiro atoms. The lowest BCUT2D eigenvalue weighted by Gasteiger charge is -2.11. The monoisotopic (exact) mass is 253 g/mol. The van der Waals surface area contributed by atoms with Crippen LogP contribution in [0.15, 0.2) is 22.8 Å². The summed E-state index contributed by atoms with van der Waals surface area (Å²) in [5.41, 5.74) is 0. The molecule has 1 aromatic rings. The van der Waals surface area contributed by atoms with E-state index in [0.29, 0.717) is 25.8 Å². The minimum Gasteiger partial charge on any atom is -0.467 e. The summed E-state index contributed by atoms with van der Waals surface area (Å²) < 4.78 is 10.5. The quantitative estimate of drug-likeness (QED) is 0.706. The molecule has 4 heteroatoms. The van der Waals surface area contributed by atoms with E-state index in [1.165, 1.54) is 19.3 Å². The molecule has 0 bridgehead atoms. The Labute approximate surface area is 108 Å². The number of ether oxygens (including phenoxy) is 1. The van der Waals surface area contributed by atoms with Gasteiger partial charge in [0.15, 0.2) is 0 Å². The van der Waals surface area contributed by atoms with Crippen molar-refractivity contribution in [2.75, 3.05) is 13.2 Å². The molecule has 2 N–H and O–H groups in total. The van der Waals surface area contributed by atoms with Crippen LogP contribution in [0.5, 0.6) is 0 Å². The first-order chi connectivity index (χ1) is 8.79. The highest BCUT2D eigenvalue weighted by atomic mass is 16.5. The van der Waals surface area contributed by atoms with Crippen molar-refractivity contribution in [3.05, 3.63) is 24.2 Å². The molecule has 1 heterocycles. The molecule has 0 saturated heterocycles. The zero-order valence-corrected chi connectivity index (χ0v) is 11.0. The summed E-state index contributed by atoms with van der Waals surface area (Å²) in [6.07, 6.45) is 4.98. The molecule has 3 unspecified atom stereocenters. The Morgan fingerprint density at radius 3 is 3.22 bits per heavy atom. The van der Waals surface area contributed by atoms with Crippen LogP contribution in [0.2, 0.25) is 0 Å². The van der Waals surface area contributed by atoms with Crippen LogP contribution in [0.4, 0.5) is 0 Å². The minimum atomic E-state index is -0.442. The van der Waals surface area contributed by atoms with Crippen molar-refractivity contribution in [3.63, 3.8) is 0 Å². The summed E-state index contributed by atoms with van der Waals surface area (Å²) in [5.74, 6) is 1.62. The Balaban J connectivity index is 1.49. The molecule has 3 atom stereocenters. The lowest BCUT2D eigenvalue weighted by molar-refractivity contribution is 0.0224. The molecule has 4 nitrogen and oxygen atoms in total. The minimum absolute atomic E-state index is 0.346. The zero-order chi connectivity index (χ0) is 12.8. The van der Waals surface area contributed by atoms with Crippen LogP contribution >= 0.6 is 0 Å². The smallest absolute Gasteiger partial charge is 0.129 e. The average molecular weight is 253 g/mol. The number of aliphatic hydroxyl groups is 1. The third-order valence-electron chi connectivity index (χ3n) is 3.33. The number of rotatable bonds is 9. The largest absolute Gasteiger partial charge is 0.467 e. The molecule has 0 aliphatic heterocycles. The van der Waals surface area contributed by atoms with Gasteiger partial charge >= 0.3 is 0 Å². The number of furan rings is 1. The van der Waals surface area contributed by atoms with Gasteiger partial charge in [0, 0.05) is 12.6 Å². The normalized spacial score (nSPS) is 24.1. The molecule has 0 aromatic carbocycles. The fraction of sp³-hybridized carbons (Fsp3) is 0.714. The second-order valence-corrected chi connectivity index (χ2v) is 5.05. The summed E-state index contributed by atoms with van der Waals surface area (Å²) in [6.45, 7) is 3.60. The summed E-state index contributed by atoms with van der Waals surface area (Å²) in [4.78, 5) is 0. The van der Waals surface area contributed by atoms with Crippen LogP contribution in [0, 0.1) is 5.92 Å². The maximum atomic E-state index is 9.75. The van der Waals surface area contributed by atoms with E-state index < -0.39 is 6.10 Å². The second kappa shape index (κ2) is 6.92. The van der Waals surface area contributed by atoms with E-state index in [1.54, 1.807) is 6.26 Å². The third-order valence-corrected chi connectivity index (χ3v) is 3.33.